The van der Waals surface area contributed by atoms with E-state index in [4.69, 9.17) is 28.1 Å². The van der Waals surface area contributed by atoms with E-state index >= 15 is 0 Å². The molecule has 3 heterocycles. The van der Waals surface area contributed by atoms with Gasteiger partial charge < -0.3 is 74.7 Å². The molecule has 2 aliphatic heterocycles. The Hall–Kier alpha value is -4.04. The second-order valence-corrected chi connectivity index (χ2v) is 10.7. The van der Waals surface area contributed by atoms with Crippen molar-refractivity contribution in [3.63, 3.8) is 0 Å². The maximum Gasteiger partial charge on any atom is 0.402 e. The van der Waals surface area contributed by atoms with Gasteiger partial charge in [-0.05, 0) is 12.1 Å². The van der Waals surface area contributed by atoms with Crippen LogP contribution in [0.15, 0.2) is 40.8 Å². The normalized spacial score (nSPS) is 31.4. The second kappa shape index (κ2) is 13.4. The molecule has 0 bridgehead atoms. The van der Waals surface area contributed by atoms with Gasteiger partial charge in [-0.25, -0.2) is 4.42 Å². The monoisotopic (exact) mass is 653 g/mol. The van der Waals surface area contributed by atoms with Crippen LogP contribution in [0.2, 0.25) is 0 Å². The smallest absolute Gasteiger partial charge is 0.402 e. The summed E-state index contributed by atoms with van der Waals surface area (Å²) in [5, 5.41) is 102. The van der Waals surface area contributed by atoms with E-state index in [-0.39, 0.29) is 33.8 Å². The van der Waals surface area contributed by atoms with E-state index in [9.17, 15) is 55.9 Å². The van der Waals surface area contributed by atoms with Crippen molar-refractivity contribution in [2.45, 2.75) is 68.3 Å². The Morgan fingerprint density at radius 2 is 1.37 bits per heavy atom. The van der Waals surface area contributed by atoms with Gasteiger partial charge in [-0.15, -0.1) is 0 Å². The van der Waals surface area contributed by atoms with Crippen molar-refractivity contribution in [1.82, 2.24) is 0 Å². The highest BCUT2D eigenvalue weighted by Gasteiger charge is 2.47. The number of esters is 1. The van der Waals surface area contributed by atoms with Gasteiger partial charge in [-0.1, -0.05) is 0 Å². The molecule has 2 aliphatic rings. The third kappa shape index (κ3) is 6.59. The van der Waals surface area contributed by atoms with Gasteiger partial charge in [-0.3, -0.25) is 4.79 Å². The average Bonchev–Trinajstić information content (AvgIpc) is 3.02. The van der Waals surface area contributed by atoms with E-state index in [0.717, 1.165) is 25.1 Å². The summed E-state index contributed by atoms with van der Waals surface area (Å²) in [5.74, 6) is -2.75. The molecule has 0 amide bonds. The van der Waals surface area contributed by atoms with Crippen molar-refractivity contribution in [3.05, 3.63) is 36.4 Å². The third-order valence-electron chi connectivity index (χ3n) is 7.49. The lowest BCUT2D eigenvalue weighted by Gasteiger charge is -2.39. The van der Waals surface area contributed by atoms with Crippen LogP contribution in [0.3, 0.4) is 0 Å². The molecule has 0 radical (unpaired) electrons. The van der Waals surface area contributed by atoms with Gasteiger partial charge in [0, 0.05) is 25.1 Å². The summed E-state index contributed by atoms with van der Waals surface area (Å²) in [5.41, 5.74) is 0.0251. The molecule has 5 rings (SSSR count). The molecule has 2 fully saturated rings. The summed E-state index contributed by atoms with van der Waals surface area (Å²) in [6, 6.07) is 7.12. The SMILES string of the molecule is CC(=O)OCC1O[C@@H](Oc2cc3c(O[C@@H]4OC(CO)[C@@H](O)[C@H](O)C4O)cc(O)cc3[o+]c2-c2ccc(O)c(O)c2)C(O)C(O)[C@@H]1O. The topological polar surface area (TPSA) is 277 Å². The number of fused-ring (bicyclic) bond motifs is 1. The highest BCUT2D eigenvalue weighted by molar-refractivity contribution is 5.89. The van der Waals surface area contributed by atoms with Crippen molar-refractivity contribution >= 4 is 16.9 Å². The largest absolute Gasteiger partial charge is 0.507 e. The zero-order valence-electron chi connectivity index (χ0n) is 24.0. The Labute approximate surface area is 259 Å². The number of hydrogen-bond acceptors (Lipinski definition) is 16. The number of hydrogen-bond donors (Lipinski definition) is 10. The summed E-state index contributed by atoms with van der Waals surface area (Å²) < 4.78 is 33.6. The van der Waals surface area contributed by atoms with Crippen LogP contribution in [-0.4, -0.2) is 132 Å². The molecular formula is C29H33O17+. The molecule has 0 spiro atoms. The van der Waals surface area contributed by atoms with Crippen LogP contribution in [-0.2, 0) is 19.0 Å². The van der Waals surface area contributed by atoms with Crippen molar-refractivity contribution in [3.8, 4) is 40.1 Å². The van der Waals surface area contributed by atoms with Crippen molar-refractivity contribution in [2.75, 3.05) is 13.2 Å². The summed E-state index contributed by atoms with van der Waals surface area (Å²) in [7, 11) is 0. The molecule has 1 aromatic heterocycles. The van der Waals surface area contributed by atoms with E-state index in [1.54, 1.807) is 0 Å². The van der Waals surface area contributed by atoms with Crippen LogP contribution in [0.4, 0.5) is 0 Å². The molecule has 0 aliphatic carbocycles. The van der Waals surface area contributed by atoms with Gasteiger partial charge in [0.25, 0.3) is 0 Å². The maximum atomic E-state index is 11.3. The van der Waals surface area contributed by atoms with Gasteiger partial charge in [0.05, 0.1) is 18.2 Å². The van der Waals surface area contributed by atoms with E-state index in [1.807, 2.05) is 0 Å². The summed E-state index contributed by atoms with van der Waals surface area (Å²) in [6.45, 7) is -0.117. The van der Waals surface area contributed by atoms with E-state index in [2.05, 4.69) is 0 Å². The number of aliphatic hydroxyl groups is 7. The highest BCUT2D eigenvalue weighted by Crippen LogP contribution is 2.43. The van der Waals surface area contributed by atoms with E-state index in [1.165, 1.54) is 18.2 Å². The zero-order chi connectivity index (χ0) is 33.4. The lowest BCUT2D eigenvalue weighted by Crippen LogP contribution is -2.60. The number of phenols is 3. The van der Waals surface area contributed by atoms with Crippen LogP contribution in [0.5, 0.6) is 28.7 Å². The summed E-state index contributed by atoms with van der Waals surface area (Å²) in [6.07, 6.45) is -16.6. The maximum absolute atomic E-state index is 11.3. The molecule has 250 valence electrons. The first kappa shape index (κ1) is 33.3. The fourth-order valence-electron chi connectivity index (χ4n) is 4.99. The van der Waals surface area contributed by atoms with Crippen molar-refractivity contribution in [1.29, 1.82) is 0 Å². The minimum absolute atomic E-state index is 0.0267. The van der Waals surface area contributed by atoms with Crippen LogP contribution in [0.25, 0.3) is 22.3 Å². The van der Waals surface area contributed by atoms with E-state index in [0.29, 0.717) is 0 Å². The summed E-state index contributed by atoms with van der Waals surface area (Å²) in [4.78, 5) is 11.3. The van der Waals surface area contributed by atoms with Gasteiger partial charge in [0.2, 0.25) is 18.3 Å². The molecular weight excluding hydrogens is 620 g/mol. The Morgan fingerprint density at radius 1 is 0.761 bits per heavy atom. The Morgan fingerprint density at radius 3 is 1.98 bits per heavy atom. The molecule has 0 saturated carbocycles. The molecule has 17 heteroatoms. The van der Waals surface area contributed by atoms with Gasteiger partial charge in [0.1, 0.15) is 72.3 Å². The standard InChI is InChI=1S/C29H32O17/c1-10(31)41-9-20-22(36)24(38)26(40)29(46-20)44-18-7-13-16(42-27(18)11-2-3-14(33)15(34)4-11)5-12(32)6-17(13)43-28-25(39)23(37)21(35)19(8-30)45-28/h2-7,19-26,28-30,35-40H,8-9H2,1H3,(H2-,32,33,34)/p+1/t19?,20?,21-,22-,23+,24?,25?,26?,28-,29-/m1/s1. The molecule has 3 aromatic rings. The minimum Gasteiger partial charge on any atom is -0.507 e. The number of carbonyl (C=O) groups excluding carboxylic acids is 1. The lowest BCUT2D eigenvalue weighted by molar-refractivity contribution is -0.278. The number of aromatic hydroxyl groups is 3. The second-order valence-electron chi connectivity index (χ2n) is 10.7. The molecule has 10 N–H and O–H groups in total. The Balaban J connectivity index is 1.59. The van der Waals surface area contributed by atoms with Gasteiger partial charge >= 0.3 is 17.3 Å². The van der Waals surface area contributed by atoms with Gasteiger partial charge in [-0.2, -0.15) is 0 Å². The zero-order valence-corrected chi connectivity index (χ0v) is 24.0. The fourth-order valence-corrected chi connectivity index (χ4v) is 4.99. The Bertz CT molecular complexity index is 1560. The number of benzene rings is 2. The average molecular weight is 654 g/mol. The fraction of sp³-hybridized carbons (Fsp3) is 0.448. The third-order valence-corrected chi connectivity index (χ3v) is 7.49. The van der Waals surface area contributed by atoms with E-state index < -0.39 is 97.8 Å². The number of phenolic OH excluding ortho intramolecular Hbond substituents is 3. The predicted molar refractivity (Wildman–Crippen MR) is 149 cm³/mol. The Kier molecular flexibility index (Phi) is 9.68. The first-order valence-electron chi connectivity index (χ1n) is 13.9. The molecule has 10 atom stereocenters. The van der Waals surface area contributed by atoms with Crippen molar-refractivity contribution < 1.29 is 84.0 Å². The van der Waals surface area contributed by atoms with Crippen LogP contribution < -0.4 is 9.47 Å². The predicted octanol–water partition coefficient (Wildman–Crippen LogP) is -1.57. The first-order valence-corrected chi connectivity index (χ1v) is 13.9. The minimum atomic E-state index is -1.86. The summed E-state index contributed by atoms with van der Waals surface area (Å²) >= 11 is 0. The van der Waals surface area contributed by atoms with Gasteiger partial charge in [0.15, 0.2) is 11.5 Å². The number of aliphatic hydroxyl groups excluding tert-OH is 7. The first-order chi connectivity index (χ1) is 21.8. The van der Waals surface area contributed by atoms with Crippen LogP contribution in [0, 0.1) is 0 Å². The molecule has 5 unspecified atom stereocenters. The molecule has 2 saturated heterocycles. The molecule has 46 heavy (non-hydrogen) atoms. The quantitative estimate of drug-likeness (QED) is 0.0746. The number of rotatable bonds is 8. The van der Waals surface area contributed by atoms with Crippen LogP contribution in [0.1, 0.15) is 6.92 Å². The highest BCUT2D eigenvalue weighted by atomic mass is 16.7. The van der Waals surface area contributed by atoms with Crippen LogP contribution >= 0.6 is 0 Å². The number of carbonyl (C=O) groups is 1. The lowest BCUT2D eigenvalue weighted by atomic mass is 9.99. The molecule has 2 aromatic carbocycles. The van der Waals surface area contributed by atoms with Crippen molar-refractivity contribution in [2.24, 2.45) is 0 Å². The molecule has 17 nitrogen and oxygen atoms in total. The number of ether oxygens (including phenoxy) is 5.